The number of carbonyl (C=O) groups excluding carboxylic acids is 2. The Morgan fingerprint density at radius 3 is 2.44 bits per heavy atom. The maximum Gasteiger partial charge on any atom is 0.311 e. The van der Waals surface area contributed by atoms with Crippen molar-refractivity contribution in [2.45, 2.75) is 26.8 Å². The van der Waals surface area contributed by atoms with Gasteiger partial charge in [-0.15, -0.1) is 0 Å². The Bertz CT molecular complexity index is 1180. The fraction of sp³-hybridized carbons (Fsp3) is 0.333. The van der Waals surface area contributed by atoms with Gasteiger partial charge in [0, 0.05) is 29.2 Å². The van der Waals surface area contributed by atoms with Crippen molar-refractivity contribution in [3.63, 3.8) is 0 Å². The summed E-state index contributed by atoms with van der Waals surface area (Å²) in [6.45, 7) is 7.94. The minimum absolute atomic E-state index is 0.147. The lowest BCUT2D eigenvalue weighted by atomic mass is 9.94. The van der Waals surface area contributed by atoms with E-state index in [0.29, 0.717) is 12.1 Å². The van der Waals surface area contributed by atoms with Crippen LogP contribution < -0.4 is 0 Å². The summed E-state index contributed by atoms with van der Waals surface area (Å²) >= 11 is 3.40. The van der Waals surface area contributed by atoms with Crippen LogP contribution in [0.3, 0.4) is 0 Å². The van der Waals surface area contributed by atoms with E-state index >= 15 is 0 Å². The van der Waals surface area contributed by atoms with Gasteiger partial charge in [-0.1, -0.05) is 41.9 Å². The van der Waals surface area contributed by atoms with Gasteiger partial charge in [0.05, 0.1) is 16.5 Å². The highest BCUT2D eigenvalue weighted by Crippen LogP contribution is 2.41. The van der Waals surface area contributed by atoms with Gasteiger partial charge in [0.2, 0.25) is 0 Å². The van der Waals surface area contributed by atoms with E-state index in [4.69, 9.17) is 0 Å². The number of rotatable bonds is 8. The number of nitro groups is 1. The number of phenols is 1. The number of phenolic OH excluding ortho intramolecular Hbond substituents is 1. The molecular formula is C24H26BrN3O6. The smallest absolute Gasteiger partial charge is 0.311 e. The number of carbonyl (C=O) groups is 2. The number of likely N-dealkylation sites (tertiary alicyclic amines) is 1. The van der Waals surface area contributed by atoms with Gasteiger partial charge in [-0.05, 0) is 49.3 Å². The number of nitrogens with zero attached hydrogens (tertiary/aromatic N) is 3. The third kappa shape index (κ3) is 4.83. The second-order valence-corrected chi connectivity index (χ2v) is 8.84. The molecule has 2 aromatic carbocycles. The minimum Gasteiger partial charge on any atom is -0.507 e. The number of amides is 1. The molecule has 0 spiro atoms. The van der Waals surface area contributed by atoms with E-state index in [1.54, 1.807) is 18.2 Å². The number of likely N-dealkylation sites (N-methyl/N-ethyl adjacent to an activating group) is 1. The van der Waals surface area contributed by atoms with Gasteiger partial charge in [0.15, 0.2) is 5.75 Å². The summed E-state index contributed by atoms with van der Waals surface area (Å²) in [6.07, 6.45) is 0. The van der Waals surface area contributed by atoms with Crippen LogP contribution in [0, 0.1) is 17.0 Å². The first-order chi connectivity index (χ1) is 16.1. The van der Waals surface area contributed by atoms with Crippen LogP contribution in [0.2, 0.25) is 0 Å². The van der Waals surface area contributed by atoms with Crippen molar-refractivity contribution >= 4 is 39.1 Å². The van der Waals surface area contributed by atoms with Crippen molar-refractivity contribution in [1.29, 1.82) is 0 Å². The van der Waals surface area contributed by atoms with Crippen LogP contribution in [0.5, 0.6) is 5.75 Å². The molecule has 0 aromatic heterocycles. The Hall–Kier alpha value is -3.24. The first-order valence-corrected chi connectivity index (χ1v) is 11.6. The zero-order valence-electron chi connectivity index (χ0n) is 19.1. The van der Waals surface area contributed by atoms with E-state index < -0.39 is 34.1 Å². The number of Topliss-reactive ketones (excluding diaryl/α,β-unsaturated/α-hetero) is 1. The average molecular weight is 532 g/mol. The van der Waals surface area contributed by atoms with Gasteiger partial charge in [0.25, 0.3) is 11.7 Å². The molecule has 0 saturated carbocycles. The Morgan fingerprint density at radius 2 is 1.85 bits per heavy atom. The lowest BCUT2D eigenvalue weighted by Crippen LogP contribution is -2.38. The average Bonchev–Trinajstić information content (AvgIpc) is 3.06. The Labute approximate surface area is 205 Å². The molecule has 1 atom stereocenters. The van der Waals surface area contributed by atoms with Crippen LogP contribution in [0.15, 0.2) is 46.4 Å². The van der Waals surface area contributed by atoms with Crippen LogP contribution in [0.1, 0.15) is 36.6 Å². The lowest BCUT2D eigenvalue weighted by Gasteiger charge is -2.28. The second-order valence-electron chi connectivity index (χ2n) is 7.99. The summed E-state index contributed by atoms with van der Waals surface area (Å²) in [5, 5.41) is 32.5. The number of hydrogen-bond acceptors (Lipinski definition) is 7. The lowest BCUT2D eigenvalue weighted by molar-refractivity contribution is -0.385. The zero-order chi connectivity index (χ0) is 25.2. The topological polar surface area (TPSA) is 124 Å². The molecule has 1 unspecified atom stereocenters. The van der Waals surface area contributed by atoms with Crippen LogP contribution in [-0.2, 0) is 9.59 Å². The number of benzene rings is 2. The van der Waals surface area contributed by atoms with Gasteiger partial charge >= 0.3 is 5.69 Å². The largest absolute Gasteiger partial charge is 0.507 e. The van der Waals surface area contributed by atoms with E-state index in [2.05, 4.69) is 20.8 Å². The summed E-state index contributed by atoms with van der Waals surface area (Å²) < 4.78 is 0.814. The molecule has 1 aliphatic heterocycles. The molecule has 3 rings (SSSR count). The summed E-state index contributed by atoms with van der Waals surface area (Å²) in [5.74, 6) is -2.54. The molecule has 2 N–H and O–H groups in total. The first-order valence-electron chi connectivity index (χ1n) is 10.8. The number of halogens is 1. The van der Waals surface area contributed by atoms with E-state index in [-0.39, 0.29) is 23.4 Å². The van der Waals surface area contributed by atoms with Crippen molar-refractivity contribution < 1.29 is 24.7 Å². The molecule has 1 amide bonds. The maximum atomic E-state index is 13.1. The molecule has 1 aliphatic rings. The van der Waals surface area contributed by atoms with Crippen molar-refractivity contribution in [3.05, 3.63) is 73.2 Å². The molecule has 9 nitrogen and oxygen atoms in total. The van der Waals surface area contributed by atoms with E-state index in [1.807, 2.05) is 20.8 Å². The molecule has 1 saturated heterocycles. The molecule has 10 heteroatoms. The highest BCUT2D eigenvalue weighted by atomic mass is 79.9. The SMILES string of the molecule is CCN(CC)CCN1C(=O)C(=O)/C(=C(\O)c2ccc(Br)c(C)c2)C1c1ccc(O)c([N+](=O)[O-])c1. The summed E-state index contributed by atoms with van der Waals surface area (Å²) in [5.41, 5.74) is 0.716. The van der Waals surface area contributed by atoms with Gasteiger partial charge in [-0.25, -0.2) is 0 Å². The highest BCUT2D eigenvalue weighted by Gasteiger charge is 2.46. The Balaban J connectivity index is 2.19. The van der Waals surface area contributed by atoms with Gasteiger partial charge in [-0.3, -0.25) is 19.7 Å². The monoisotopic (exact) mass is 531 g/mol. The van der Waals surface area contributed by atoms with Crippen molar-refractivity contribution in [2.75, 3.05) is 26.2 Å². The van der Waals surface area contributed by atoms with Crippen molar-refractivity contribution in [2.24, 2.45) is 0 Å². The summed E-state index contributed by atoms with van der Waals surface area (Å²) in [4.78, 5) is 40.3. The Morgan fingerprint density at radius 1 is 1.18 bits per heavy atom. The highest BCUT2D eigenvalue weighted by molar-refractivity contribution is 9.10. The zero-order valence-corrected chi connectivity index (χ0v) is 20.7. The standard InChI is InChI=1S/C24H26BrN3O6/c1-4-26(5-2)10-11-27-21(15-7-9-19(29)18(13-15)28(33)34)20(23(31)24(27)32)22(30)16-6-8-17(25)14(3)12-16/h6-9,12-13,21,29-30H,4-5,10-11H2,1-3H3/b22-20-. The number of aromatic hydroxyl groups is 1. The predicted molar refractivity (Wildman–Crippen MR) is 130 cm³/mol. The molecule has 0 aliphatic carbocycles. The molecule has 2 aromatic rings. The van der Waals surface area contributed by atoms with Gasteiger partial charge in [-0.2, -0.15) is 0 Å². The third-order valence-electron chi connectivity index (χ3n) is 6.03. The second kappa shape index (κ2) is 10.4. The van der Waals surface area contributed by atoms with Crippen LogP contribution in [0.25, 0.3) is 5.76 Å². The molecule has 1 fully saturated rings. The van der Waals surface area contributed by atoms with E-state index in [0.717, 1.165) is 35.3 Å². The van der Waals surface area contributed by atoms with Crippen molar-refractivity contribution in [3.8, 4) is 5.75 Å². The minimum atomic E-state index is -1.04. The van der Waals surface area contributed by atoms with Crippen molar-refractivity contribution in [1.82, 2.24) is 9.80 Å². The number of aliphatic hydroxyl groups excluding tert-OH is 1. The fourth-order valence-corrected chi connectivity index (χ4v) is 4.30. The first kappa shape index (κ1) is 25.4. The molecule has 0 bridgehead atoms. The Kier molecular flexibility index (Phi) is 7.73. The fourth-order valence-electron chi connectivity index (χ4n) is 4.05. The molecule has 1 heterocycles. The number of aliphatic hydroxyl groups is 1. The summed E-state index contributed by atoms with van der Waals surface area (Å²) in [7, 11) is 0. The summed E-state index contributed by atoms with van der Waals surface area (Å²) in [6, 6.07) is 7.69. The molecular weight excluding hydrogens is 506 g/mol. The van der Waals surface area contributed by atoms with Crippen LogP contribution in [0.4, 0.5) is 5.69 Å². The molecule has 34 heavy (non-hydrogen) atoms. The molecule has 0 radical (unpaired) electrons. The number of hydrogen-bond donors (Lipinski definition) is 2. The normalized spacial score (nSPS) is 17.6. The van der Waals surface area contributed by atoms with Crippen LogP contribution in [-0.4, -0.2) is 62.8 Å². The van der Waals surface area contributed by atoms with Crippen LogP contribution >= 0.6 is 15.9 Å². The van der Waals surface area contributed by atoms with Gasteiger partial charge < -0.3 is 20.0 Å². The number of ketones is 1. The third-order valence-corrected chi connectivity index (χ3v) is 6.92. The molecule has 180 valence electrons. The van der Waals surface area contributed by atoms with Gasteiger partial charge in [0.1, 0.15) is 5.76 Å². The quantitative estimate of drug-likeness (QED) is 0.172. The number of aryl methyl sites for hydroxylation is 1. The van der Waals surface area contributed by atoms with E-state index in [9.17, 15) is 29.9 Å². The predicted octanol–water partition coefficient (Wildman–Crippen LogP) is 4.13. The van der Waals surface area contributed by atoms with E-state index in [1.165, 1.54) is 11.0 Å². The number of nitro benzene ring substituents is 1. The maximum absolute atomic E-state index is 13.1.